The summed E-state index contributed by atoms with van der Waals surface area (Å²) in [7, 11) is 0. The second-order valence-electron chi connectivity index (χ2n) is 4.64. The minimum atomic E-state index is -1.04. The monoisotopic (exact) mass is 244 g/mol. The van der Waals surface area contributed by atoms with Crippen LogP contribution in [0, 0.1) is 5.92 Å². The predicted molar refractivity (Wildman–Crippen MR) is 56.3 cm³/mol. The van der Waals surface area contributed by atoms with Crippen LogP contribution in [0.3, 0.4) is 0 Å². The summed E-state index contributed by atoms with van der Waals surface area (Å²) in [6.45, 7) is 0.0635. The molecule has 0 aromatic carbocycles. The van der Waals surface area contributed by atoms with Gasteiger partial charge in [0.15, 0.2) is 0 Å². The van der Waals surface area contributed by atoms with E-state index in [9.17, 15) is 19.8 Å². The Morgan fingerprint density at radius 2 is 1.71 bits per heavy atom. The van der Waals surface area contributed by atoms with Gasteiger partial charge in [-0.15, -0.1) is 0 Å². The van der Waals surface area contributed by atoms with Gasteiger partial charge in [-0.3, -0.25) is 0 Å². The first-order chi connectivity index (χ1) is 7.99. The molecule has 7 heteroatoms. The van der Waals surface area contributed by atoms with Crippen molar-refractivity contribution in [1.82, 2.24) is 10.2 Å². The van der Waals surface area contributed by atoms with Crippen molar-refractivity contribution in [3.8, 4) is 0 Å². The molecule has 4 N–H and O–H groups in total. The summed E-state index contributed by atoms with van der Waals surface area (Å²) in [6.07, 6.45) is -0.291. The molecule has 96 valence electrons. The van der Waals surface area contributed by atoms with E-state index in [0.29, 0.717) is 0 Å². The van der Waals surface area contributed by atoms with Gasteiger partial charge >= 0.3 is 12.0 Å². The molecule has 2 fully saturated rings. The fourth-order valence-corrected chi connectivity index (χ4v) is 1.97. The zero-order valence-electron chi connectivity index (χ0n) is 9.24. The first-order valence-electron chi connectivity index (χ1n) is 5.63. The Morgan fingerprint density at radius 3 is 2.12 bits per heavy atom. The molecule has 2 amide bonds. The molecule has 1 saturated heterocycles. The number of rotatable bonds is 3. The third kappa shape index (κ3) is 2.67. The number of hydrogen-bond acceptors (Lipinski definition) is 4. The van der Waals surface area contributed by atoms with Crippen LogP contribution in [0.2, 0.25) is 0 Å². The second kappa shape index (κ2) is 4.50. The van der Waals surface area contributed by atoms with E-state index in [1.54, 1.807) is 0 Å². The summed E-state index contributed by atoms with van der Waals surface area (Å²) in [6, 6.07) is -1.41. The smallest absolute Gasteiger partial charge is 0.326 e. The number of amides is 2. The Bertz CT molecular complexity index is 321. The summed E-state index contributed by atoms with van der Waals surface area (Å²) in [5.41, 5.74) is 0. The molecule has 1 aliphatic carbocycles. The predicted octanol–water partition coefficient (Wildman–Crippen LogP) is -1.40. The Hall–Kier alpha value is -1.34. The summed E-state index contributed by atoms with van der Waals surface area (Å²) in [5.74, 6) is -1.03. The lowest BCUT2D eigenvalue weighted by Crippen LogP contribution is -2.48. The normalized spacial score (nSPS) is 30.1. The quantitative estimate of drug-likeness (QED) is 0.488. The maximum atomic E-state index is 11.7. The van der Waals surface area contributed by atoms with Crippen LogP contribution >= 0.6 is 0 Å². The highest BCUT2D eigenvalue weighted by Gasteiger charge is 2.39. The van der Waals surface area contributed by atoms with Crippen LogP contribution in [-0.4, -0.2) is 63.6 Å². The van der Waals surface area contributed by atoms with E-state index in [1.165, 1.54) is 4.90 Å². The molecule has 0 aromatic rings. The fourth-order valence-electron chi connectivity index (χ4n) is 1.97. The lowest BCUT2D eigenvalue weighted by molar-refractivity contribution is -0.139. The molecule has 0 aromatic heterocycles. The van der Waals surface area contributed by atoms with Crippen molar-refractivity contribution in [2.24, 2.45) is 5.92 Å². The molecule has 17 heavy (non-hydrogen) atoms. The number of carbonyl (C=O) groups excluding carboxylic acids is 1. The number of aliphatic carboxylic acids is 1. The molecule has 0 radical (unpaired) electrons. The third-order valence-corrected chi connectivity index (χ3v) is 3.18. The number of urea groups is 1. The van der Waals surface area contributed by atoms with E-state index < -0.39 is 30.3 Å². The zero-order valence-corrected chi connectivity index (χ0v) is 9.24. The number of carboxylic acid groups (broad SMARTS) is 1. The van der Waals surface area contributed by atoms with Crippen LogP contribution in [0.25, 0.3) is 0 Å². The first-order valence-corrected chi connectivity index (χ1v) is 5.63. The maximum absolute atomic E-state index is 11.7. The number of aliphatic hydroxyl groups is 2. The summed E-state index contributed by atoms with van der Waals surface area (Å²) in [4.78, 5) is 23.9. The number of hydrogen-bond donors (Lipinski definition) is 4. The molecular weight excluding hydrogens is 228 g/mol. The molecule has 2 aliphatic rings. The van der Waals surface area contributed by atoms with Gasteiger partial charge in [0.2, 0.25) is 0 Å². The molecular formula is C10H16N2O5. The van der Waals surface area contributed by atoms with Gasteiger partial charge in [0.25, 0.3) is 0 Å². The molecule has 2 rings (SSSR count). The molecule has 1 aliphatic heterocycles. The molecule has 0 bridgehead atoms. The van der Waals surface area contributed by atoms with Crippen molar-refractivity contribution in [3.05, 3.63) is 0 Å². The molecule has 1 heterocycles. The molecule has 3 unspecified atom stereocenters. The topological polar surface area (TPSA) is 110 Å². The number of nitrogens with one attached hydrogen (secondary N) is 1. The molecule has 7 nitrogen and oxygen atoms in total. The van der Waals surface area contributed by atoms with E-state index in [-0.39, 0.29) is 19.0 Å². The van der Waals surface area contributed by atoms with Crippen LogP contribution in [0.5, 0.6) is 0 Å². The van der Waals surface area contributed by atoms with Crippen molar-refractivity contribution < 1.29 is 24.9 Å². The number of carbonyl (C=O) groups is 2. The van der Waals surface area contributed by atoms with Gasteiger partial charge in [-0.25, -0.2) is 9.59 Å². The fraction of sp³-hybridized carbons (Fsp3) is 0.800. The number of carboxylic acids is 1. The van der Waals surface area contributed by atoms with Crippen LogP contribution in [0.15, 0.2) is 0 Å². The highest BCUT2D eigenvalue weighted by molar-refractivity contribution is 5.83. The van der Waals surface area contributed by atoms with Crippen LogP contribution in [0.4, 0.5) is 4.79 Å². The third-order valence-electron chi connectivity index (χ3n) is 3.18. The number of likely N-dealkylation sites (tertiary alicyclic amines) is 1. The highest BCUT2D eigenvalue weighted by atomic mass is 16.4. The van der Waals surface area contributed by atoms with E-state index in [2.05, 4.69) is 5.32 Å². The van der Waals surface area contributed by atoms with Gasteiger partial charge in [0.1, 0.15) is 6.04 Å². The van der Waals surface area contributed by atoms with Gasteiger partial charge in [-0.2, -0.15) is 0 Å². The molecule has 1 saturated carbocycles. The average Bonchev–Trinajstić information content (AvgIpc) is 3.02. The Kier molecular flexibility index (Phi) is 3.21. The largest absolute Gasteiger partial charge is 0.480 e. The lowest BCUT2D eigenvalue weighted by atomic mass is 10.2. The first kappa shape index (κ1) is 12.1. The van der Waals surface area contributed by atoms with Crippen molar-refractivity contribution in [1.29, 1.82) is 0 Å². The average molecular weight is 244 g/mol. The van der Waals surface area contributed by atoms with Gasteiger partial charge in [-0.05, 0) is 18.8 Å². The van der Waals surface area contributed by atoms with E-state index in [0.717, 1.165) is 12.8 Å². The number of β-amino-alcohol motifs (C(OH)–C–C–N with tert-alkyl or cyclic N) is 2. The van der Waals surface area contributed by atoms with Crippen molar-refractivity contribution in [3.63, 3.8) is 0 Å². The Morgan fingerprint density at radius 1 is 1.18 bits per heavy atom. The summed E-state index contributed by atoms with van der Waals surface area (Å²) >= 11 is 0. The van der Waals surface area contributed by atoms with E-state index in [1.807, 2.05) is 0 Å². The van der Waals surface area contributed by atoms with Crippen molar-refractivity contribution in [2.45, 2.75) is 31.1 Å². The van der Waals surface area contributed by atoms with Crippen molar-refractivity contribution >= 4 is 12.0 Å². The van der Waals surface area contributed by atoms with E-state index >= 15 is 0 Å². The Labute approximate surface area is 98.0 Å². The number of nitrogens with zero attached hydrogens (tertiary/aromatic N) is 1. The van der Waals surface area contributed by atoms with Gasteiger partial charge in [0, 0.05) is 0 Å². The van der Waals surface area contributed by atoms with Gasteiger partial charge in [0.05, 0.1) is 25.3 Å². The van der Waals surface area contributed by atoms with Crippen molar-refractivity contribution in [2.75, 3.05) is 13.1 Å². The summed E-state index contributed by atoms with van der Waals surface area (Å²) < 4.78 is 0. The standard InChI is InChI=1S/C10H16N2O5/c13-6-3-12(4-7(6)14)10(17)11-8(9(15)16)5-1-2-5/h5-8,13-14H,1-4H2,(H,11,17)(H,15,16). The minimum absolute atomic E-state index is 0.00824. The SMILES string of the molecule is O=C(O)C(NC(=O)N1CC(O)C(O)C1)C1CC1. The molecule has 0 spiro atoms. The maximum Gasteiger partial charge on any atom is 0.326 e. The zero-order chi connectivity index (χ0) is 12.6. The summed E-state index contributed by atoms with van der Waals surface area (Å²) in [5, 5.41) is 30.0. The number of aliphatic hydroxyl groups excluding tert-OH is 2. The second-order valence-corrected chi connectivity index (χ2v) is 4.64. The highest BCUT2D eigenvalue weighted by Crippen LogP contribution is 2.32. The minimum Gasteiger partial charge on any atom is -0.480 e. The van der Waals surface area contributed by atoms with Gasteiger partial charge in [-0.1, -0.05) is 0 Å². The Balaban J connectivity index is 1.90. The van der Waals surface area contributed by atoms with Crippen LogP contribution < -0.4 is 5.32 Å². The van der Waals surface area contributed by atoms with E-state index in [4.69, 9.17) is 5.11 Å². The van der Waals surface area contributed by atoms with Gasteiger partial charge < -0.3 is 25.5 Å². The van der Waals surface area contributed by atoms with Crippen LogP contribution in [0.1, 0.15) is 12.8 Å². The van der Waals surface area contributed by atoms with Crippen LogP contribution in [-0.2, 0) is 4.79 Å². The lowest BCUT2D eigenvalue weighted by Gasteiger charge is -2.20. The molecule has 3 atom stereocenters.